The number of rotatable bonds is 4. The van der Waals surface area contributed by atoms with Crippen LogP contribution in [-0.4, -0.2) is 12.6 Å². The van der Waals surface area contributed by atoms with Gasteiger partial charge in [0.2, 0.25) is 0 Å². The van der Waals surface area contributed by atoms with Crippen LogP contribution in [0.4, 0.5) is 0 Å². The van der Waals surface area contributed by atoms with E-state index in [4.69, 9.17) is 4.74 Å². The molecule has 0 saturated carbocycles. The van der Waals surface area contributed by atoms with E-state index in [-0.39, 0.29) is 5.97 Å². The third kappa shape index (κ3) is 3.76. The number of benzene rings is 1. The smallest absolute Gasteiger partial charge is 0.302 e. The van der Waals surface area contributed by atoms with Crippen LogP contribution in [0, 0.1) is 0 Å². The van der Waals surface area contributed by atoms with Gasteiger partial charge in [0.25, 0.3) is 0 Å². The molecule has 20 heavy (non-hydrogen) atoms. The van der Waals surface area contributed by atoms with Crippen molar-refractivity contribution in [3.8, 4) is 0 Å². The Morgan fingerprint density at radius 3 is 2.70 bits per heavy atom. The van der Waals surface area contributed by atoms with E-state index >= 15 is 0 Å². The second kappa shape index (κ2) is 6.80. The molecular weight excluding hydrogens is 268 g/mol. The fourth-order valence-electron chi connectivity index (χ4n) is 2.18. The van der Waals surface area contributed by atoms with E-state index in [0.29, 0.717) is 11.9 Å². The Labute approximate surface area is 124 Å². The summed E-state index contributed by atoms with van der Waals surface area (Å²) in [5, 5.41) is 2.62. The molecule has 1 aromatic rings. The van der Waals surface area contributed by atoms with Crippen LogP contribution in [0.5, 0.6) is 0 Å². The zero-order valence-corrected chi connectivity index (χ0v) is 13.0. The average Bonchev–Trinajstić information content (AvgIpc) is 2.45. The quantitative estimate of drug-likeness (QED) is 0.591. The number of hydrogen-bond acceptors (Lipinski definition) is 3. The molecule has 0 spiro atoms. The summed E-state index contributed by atoms with van der Waals surface area (Å²) in [7, 11) is 0. The van der Waals surface area contributed by atoms with Gasteiger partial charge in [0.1, 0.15) is 6.61 Å². The zero-order chi connectivity index (χ0) is 14.5. The normalized spacial score (nSPS) is 18.2. The van der Waals surface area contributed by atoms with Gasteiger partial charge in [-0.1, -0.05) is 29.8 Å². The topological polar surface area (TPSA) is 26.3 Å². The summed E-state index contributed by atoms with van der Waals surface area (Å²) in [4.78, 5) is 10.9. The summed E-state index contributed by atoms with van der Waals surface area (Å²) < 4.78 is 5.07. The predicted molar refractivity (Wildman–Crippen MR) is 85.4 cm³/mol. The highest BCUT2D eigenvalue weighted by atomic mass is 32.2. The first kappa shape index (κ1) is 14.9. The van der Waals surface area contributed by atoms with E-state index in [1.165, 1.54) is 23.6 Å². The number of thioether (sulfide) groups is 1. The third-order valence-electron chi connectivity index (χ3n) is 3.55. The molecule has 0 aromatic heterocycles. The number of hydrogen-bond donors (Lipinski definition) is 0. The molecule has 0 radical (unpaired) electrons. The summed E-state index contributed by atoms with van der Waals surface area (Å²) >= 11 is 1.85. The maximum Gasteiger partial charge on any atom is 0.302 e. The van der Waals surface area contributed by atoms with Gasteiger partial charge in [-0.05, 0) is 48.5 Å². The molecule has 1 aliphatic rings. The maximum atomic E-state index is 10.9. The first-order valence-corrected chi connectivity index (χ1v) is 7.71. The summed E-state index contributed by atoms with van der Waals surface area (Å²) in [6.07, 6.45) is 3.15. The van der Waals surface area contributed by atoms with E-state index in [1.807, 2.05) is 18.7 Å². The maximum absolute atomic E-state index is 10.9. The second-order valence-electron chi connectivity index (χ2n) is 5.10. The Hall–Kier alpha value is -1.48. The van der Waals surface area contributed by atoms with Crippen molar-refractivity contribution in [2.24, 2.45) is 0 Å². The molecule has 2 nitrogen and oxygen atoms in total. The summed E-state index contributed by atoms with van der Waals surface area (Å²) in [5.41, 5.74) is 5.14. The number of fused-ring (bicyclic) bond motifs is 1. The molecule has 0 amide bonds. The van der Waals surface area contributed by atoms with Crippen LogP contribution >= 0.6 is 11.8 Å². The lowest BCUT2D eigenvalue weighted by Crippen LogP contribution is -2.05. The third-order valence-corrected chi connectivity index (χ3v) is 4.59. The molecule has 0 saturated heterocycles. The van der Waals surface area contributed by atoms with Gasteiger partial charge in [0.05, 0.1) is 0 Å². The first-order valence-electron chi connectivity index (χ1n) is 6.77. The molecule has 1 atom stereocenters. The zero-order valence-electron chi connectivity index (χ0n) is 12.2. The fourth-order valence-corrected chi connectivity index (χ4v) is 3.30. The van der Waals surface area contributed by atoms with Gasteiger partial charge in [0, 0.05) is 12.2 Å². The molecule has 1 heterocycles. The molecule has 0 N–H and O–H groups in total. The number of ether oxygens (including phenoxy) is 1. The molecule has 2 rings (SSSR count). The van der Waals surface area contributed by atoms with Crippen LogP contribution in [0.2, 0.25) is 0 Å². The lowest BCUT2D eigenvalue weighted by atomic mass is 9.97. The van der Waals surface area contributed by atoms with Gasteiger partial charge < -0.3 is 4.74 Å². The van der Waals surface area contributed by atoms with Crippen molar-refractivity contribution in [2.75, 3.05) is 6.61 Å². The van der Waals surface area contributed by atoms with Crippen LogP contribution in [-0.2, 0) is 9.53 Å². The molecule has 3 heteroatoms. The van der Waals surface area contributed by atoms with Crippen LogP contribution in [0.3, 0.4) is 0 Å². The van der Waals surface area contributed by atoms with Gasteiger partial charge >= 0.3 is 5.97 Å². The molecule has 0 fully saturated rings. The van der Waals surface area contributed by atoms with Crippen LogP contribution in [0.25, 0.3) is 6.08 Å². The van der Waals surface area contributed by atoms with E-state index in [0.717, 1.165) is 12.0 Å². The predicted octanol–water partition coefficient (Wildman–Crippen LogP) is 4.73. The Kier molecular flexibility index (Phi) is 5.07. The van der Waals surface area contributed by atoms with Crippen molar-refractivity contribution in [3.63, 3.8) is 0 Å². The van der Waals surface area contributed by atoms with E-state index in [1.54, 1.807) is 0 Å². The van der Waals surface area contributed by atoms with Crippen LogP contribution in [0.1, 0.15) is 43.6 Å². The highest BCUT2D eigenvalue weighted by Gasteiger charge is 2.18. The first-order chi connectivity index (χ1) is 9.58. The number of carbonyl (C=O) groups is 1. The average molecular weight is 288 g/mol. The SMILES string of the molecule is CC(=O)OC/C(C)=C(/C)CC1SC=Cc2ccccc21. The minimum absolute atomic E-state index is 0.225. The van der Waals surface area contributed by atoms with Crippen molar-refractivity contribution < 1.29 is 9.53 Å². The Bertz CT molecular complexity index is 558. The van der Waals surface area contributed by atoms with Gasteiger partial charge in [-0.15, -0.1) is 11.8 Å². The standard InChI is InChI=1S/C17H20O2S/c1-12(13(2)11-19-14(3)18)10-17-16-7-5-4-6-15(16)8-9-20-17/h4-9,17H,10-11H2,1-3H3/b13-12-. The minimum Gasteiger partial charge on any atom is -0.461 e. The Balaban J connectivity index is 2.08. The largest absolute Gasteiger partial charge is 0.461 e. The van der Waals surface area contributed by atoms with E-state index in [2.05, 4.69) is 42.7 Å². The van der Waals surface area contributed by atoms with E-state index in [9.17, 15) is 4.79 Å². The minimum atomic E-state index is -0.225. The van der Waals surface area contributed by atoms with Crippen molar-refractivity contribution in [1.82, 2.24) is 0 Å². The highest BCUT2D eigenvalue weighted by molar-refractivity contribution is 8.02. The van der Waals surface area contributed by atoms with E-state index < -0.39 is 0 Å². The van der Waals surface area contributed by atoms with Crippen LogP contribution < -0.4 is 0 Å². The molecule has 0 aliphatic carbocycles. The lowest BCUT2D eigenvalue weighted by Gasteiger charge is -2.22. The fraction of sp³-hybridized carbons (Fsp3) is 0.353. The van der Waals surface area contributed by atoms with Crippen molar-refractivity contribution >= 4 is 23.8 Å². The number of carbonyl (C=O) groups excluding carboxylic acids is 1. The highest BCUT2D eigenvalue weighted by Crippen LogP contribution is 2.41. The molecule has 1 aliphatic heterocycles. The van der Waals surface area contributed by atoms with Gasteiger partial charge in [-0.3, -0.25) is 4.79 Å². The molecule has 0 bridgehead atoms. The second-order valence-corrected chi connectivity index (χ2v) is 6.21. The van der Waals surface area contributed by atoms with Crippen molar-refractivity contribution in [2.45, 2.75) is 32.4 Å². The van der Waals surface area contributed by atoms with Gasteiger partial charge in [0.15, 0.2) is 0 Å². The number of esters is 1. The van der Waals surface area contributed by atoms with Crippen LogP contribution in [0.15, 0.2) is 40.8 Å². The Morgan fingerprint density at radius 1 is 1.20 bits per heavy atom. The molecular formula is C17H20O2S. The lowest BCUT2D eigenvalue weighted by molar-refractivity contribution is -0.139. The summed E-state index contributed by atoms with van der Waals surface area (Å²) in [6.45, 7) is 6.00. The molecule has 1 aromatic carbocycles. The monoisotopic (exact) mass is 288 g/mol. The molecule has 1 unspecified atom stereocenters. The Morgan fingerprint density at radius 2 is 1.95 bits per heavy atom. The summed E-state index contributed by atoms with van der Waals surface area (Å²) in [6, 6.07) is 8.52. The molecule has 106 valence electrons. The summed E-state index contributed by atoms with van der Waals surface area (Å²) in [5.74, 6) is -0.225. The van der Waals surface area contributed by atoms with Gasteiger partial charge in [-0.25, -0.2) is 0 Å². The van der Waals surface area contributed by atoms with Gasteiger partial charge in [-0.2, -0.15) is 0 Å². The van der Waals surface area contributed by atoms with Crippen molar-refractivity contribution in [3.05, 3.63) is 51.9 Å². The number of allylic oxidation sites excluding steroid dienone is 1. The van der Waals surface area contributed by atoms with Crippen molar-refractivity contribution in [1.29, 1.82) is 0 Å².